The van der Waals surface area contributed by atoms with E-state index >= 15 is 0 Å². The number of fused-ring (bicyclic) bond motifs is 1. The zero-order valence-corrected chi connectivity index (χ0v) is 13.4. The van der Waals surface area contributed by atoms with Crippen LogP contribution in [0.25, 0.3) is 0 Å². The number of nitrogens with one attached hydrogen (secondary N) is 1. The molecule has 1 heterocycles. The normalized spacial score (nSPS) is 13.0. The number of halogens is 1. The number of nitrogens with zero attached hydrogens (tertiary/aromatic N) is 1. The van der Waals surface area contributed by atoms with Crippen LogP contribution in [0.1, 0.15) is 0 Å². The molecule has 3 rings (SSSR count). The van der Waals surface area contributed by atoms with E-state index in [-0.39, 0.29) is 37.3 Å². The van der Waals surface area contributed by atoms with Gasteiger partial charge in [-0.05, 0) is 24.3 Å². The third kappa shape index (κ3) is 4.26. The number of rotatable bonds is 6. The summed E-state index contributed by atoms with van der Waals surface area (Å²) in [5.41, 5.74) is 0.684. The topological polar surface area (TPSA) is 67.9 Å². The molecule has 0 fully saturated rings. The molecule has 0 unspecified atom stereocenters. The van der Waals surface area contributed by atoms with Gasteiger partial charge in [0, 0.05) is 19.2 Å². The maximum atomic E-state index is 13.0. The van der Waals surface area contributed by atoms with Gasteiger partial charge in [-0.25, -0.2) is 4.39 Å². The number of hydrogen-bond acceptors (Lipinski definition) is 4. The summed E-state index contributed by atoms with van der Waals surface area (Å²) >= 11 is 0. The molecule has 2 amide bonds. The second kappa shape index (κ2) is 7.65. The molecule has 7 heteroatoms. The van der Waals surface area contributed by atoms with E-state index in [0.29, 0.717) is 18.0 Å². The Hall–Kier alpha value is -3.09. The van der Waals surface area contributed by atoms with Gasteiger partial charge in [0.1, 0.15) is 17.3 Å². The molecule has 1 aliphatic heterocycles. The van der Waals surface area contributed by atoms with Crippen LogP contribution in [0.3, 0.4) is 0 Å². The lowest BCUT2D eigenvalue weighted by molar-refractivity contribution is -0.124. The summed E-state index contributed by atoms with van der Waals surface area (Å²) in [5, 5.41) is 2.67. The van der Waals surface area contributed by atoms with E-state index in [2.05, 4.69) is 5.32 Å². The number of para-hydroxylation sites is 2. The van der Waals surface area contributed by atoms with Gasteiger partial charge in [-0.1, -0.05) is 18.2 Å². The SMILES string of the molecule is O=C(COc1cccc(F)c1)NCCN1C(=O)COc2ccccc21. The van der Waals surface area contributed by atoms with Crippen molar-refractivity contribution in [3.63, 3.8) is 0 Å². The summed E-state index contributed by atoms with van der Waals surface area (Å²) in [6.45, 7) is 0.348. The Morgan fingerprint density at radius 2 is 2.08 bits per heavy atom. The average Bonchev–Trinajstić information content (AvgIpc) is 2.62. The fraction of sp³-hybridized carbons (Fsp3) is 0.222. The summed E-state index contributed by atoms with van der Waals surface area (Å²) in [6, 6.07) is 12.8. The minimum Gasteiger partial charge on any atom is -0.484 e. The molecule has 0 aromatic heterocycles. The maximum absolute atomic E-state index is 13.0. The molecule has 0 saturated heterocycles. The first-order chi connectivity index (χ1) is 12.1. The van der Waals surface area contributed by atoms with Crippen molar-refractivity contribution < 1.29 is 23.5 Å². The number of carbonyl (C=O) groups is 2. The predicted octanol–water partition coefficient (Wildman–Crippen LogP) is 1.75. The average molecular weight is 344 g/mol. The Bertz CT molecular complexity index is 781. The van der Waals surface area contributed by atoms with Crippen LogP contribution in [0.15, 0.2) is 48.5 Å². The molecule has 0 atom stereocenters. The molecule has 2 aromatic carbocycles. The van der Waals surface area contributed by atoms with Gasteiger partial charge < -0.3 is 19.7 Å². The zero-order chi connectivity index (χ0) is 17.6. The highest BCUT2D eigenvalue weighted by Gasteiger charge is 2.24. The number of ether oxygens (including phenoxy) is 2. The van der Waals surface area contributed by atoms with Gasteiger partial charge in [0.05, 0.1) is 5.69 Å². The quantitative estimate of drug-likeness (QED) is 0.867. The third-order valence-electron chi connectivity index (χ3n) is 3.63. The number of anilines is 1. The Kier molecular flexibility index (Phi) is 5.13. The second-order valence-corrected chi connectivity index (χ2v) is 5.40. The highest BCUT2D eigenvalue weighted by Crippen LogP contribution is 2.30. The molecule has 25 heavy (non-hydrogen) atoms. The summed E-state index contributed by atoms with van der Waals surface area (Å²) in [5.74, 6) is -0.0140. The van der Waals surface area contributed by atoms with Crippen LogP contribution in [-0.4, -0.2) is 38.1 Å². The largest absolute Gasteiger partial charge is 0.484 e. The third-order valence-corrected chi connectivity index (χ3v) is 3.63. The summed E-state index contributed by atoms with van der Waals surface area (Å²) in [4.78, 5) is 25.4. The van der Waals surface area contributed by atoms with E-state index in [0.717, 1.165) is 0 Å². The monoisotopic (exact) mass is 344 g/mol. The van der Waals surface area contributed by atoms with Gasteiger partial charge in [0.15, 0.2) is 13.2 Å². The minimum absolute atomic E-state index is 0.0202. The highest BCUT2D eigenvalue weighted by atomic mass is 19.1. The van der Waals surface area contributed by atoms with Gasteiger partial charge in [-0.2, -0.15) is 0 Å². The number of hydrogen-bond donors (Lipinski definition) is 1. The van der Waals surface area contributed by atoms with Crippen LogP contribution in [0.2, 0.25) is 0 Å². The molecule has 0 aliphatic carbocycles. The second-order valence-electron chi connectivity index (χ2n) is 5.40. The van der Waals surface area contributed by atoms with Crippen LogP contribution < -0.4 is 19.7 Å². The van der Waals surface area contributed by atoms with Crippen molar-refractivity contribution in [2.45, 2.75) is 0 Å². The Labute approximate surface area is 144 Å². The molecule has 0 saturated carbocycles. The van der Waals surface area contributed by atoms with Crippen molar-refractivity contribution in [1.29, 1.82) is 0 Å². The number of amides is 2. The fourth-order valence-corrected chi connectivity index (χ4v) is 2.46. The molecule has 130 valence electrons. The van der Waals surface area contributed by atoms with Crippen LogP contribution in [0.4, 0.5) is 10.1 Å². The fourth-order valence-electron chi connectivity index (χ4n) is 2.46. The van der Waals surface area contributed by atoms with Crippen molar-refractivity contribution in [2.24, 2.45) is 0 Å². The molecule has 2 aromatic rings. The van der Waals surface area contributed by atoms with Crippen molar-refractivity contribution >= 4 is 17.5 Å². The van der Waals surface area contributed by atoms with E-state index in [1.165, 1.54) is 18.2 Å². The first-order valence-corrected chi connectivity index (χ1v) is 7.81. The van der Waals surface area contributed by atoms with Crippen LogP contribution >= 0.6 is 0 Å². The number of carbonyl (C=O) groups excluding carboxylic acids is 2. The van der Waals surface area contributed by atoms with Gasteiger partial charge in [0.2, 0.25) is 0 Å². The van der Waals surface area contributed by atoms with Gasteiger partial charge in [0.25, 0.3) is 11.8 Å². The standard InChI is InChI=1S/C18H17FN2O4/c19-13-4-3-5-14(10-13)24-11-17(22)20-8-9-21-15-6-1-2-7-16(15)25-12-18(21)23/h1-7,10H,8-9,11-12H2,(H,20,22). The summed E-state index contributed by atoms with van der Waals surface area (Å²) in [6.07, 6.45) is 0. The van der Waals surface area contributed by atoms with Crippen LogP contribution in [0, 0.1) is 5.82 Å². The predicted molar refractivity (Wildman–Crippen MR) is 89.2 cm³/mol. The van der Waals surface area contributed by atoms with Crippen molar-refractivity contribution in [3.05, 3.63) is 54.3 Å². The molecule has 1 N–H and O–H groups in total. The lowest BCUT2D eigenvalue weighted by Gasteiger charge is -2.29. The van der Waals surface area contributed by atoms with Crippen molar-refractivity contribution in [1.82, 2.24) is 5.32 Å². The Morgan fingerprint density at radius 3 is 2.92 bits per heavy atom. The molecular weight excluding hydrogens is 327 g/mol. The lowest BCUT2D eigenvalue weighted by atomic mass is 10.2. The lowest BCUT2D eigenvalue weighted by Crippen LogP contribution is -2.44. The van der Waals surface area contributed by atoms with E-state index in [1.54, 1.807) is 23.1 Å². The first-order valence-electron chi connectivity index (χ1n) is 7.81. The number of benzene rings is 2. The van der Waals surface area contributed by atoms with E-state index in [1.807, 2.05) is 12.1 Å². The van der Waals surface area contributed by atoms with Crippen LogP contribution in [-0.2, 0) is 9.59 Å². The summed E-state index contributed by atoms with van der Waals surface area (Å²) < 4.78 is 23.6. The maximum Gasteiger partial charge on any atom is 0.265 e. The molecule has 6 nitrogen and oxygen atoms in total. The molecular formula is C18H17FN2O4. The van der Waals surface area contributed by atoms with Gasteiger partial charge >= 0.3 is 0 Å². The molecule has 0 bridgehead atoms. The van der Waals surface area contributed by atoms with Crippen molar-refractivity contribution in [2.75, 3.05) is 31.2 Å². The molecule has 0 spiro atoms. The van der Waals surface area contributed by atoms with Gasteiger partial charge in [-0.3, -0.25) is 9.59 Å². The Morgan fingerprint density at radius 1 is 1.24 bits per heavy atom. The highest BCUT2D eigenvalue weighted by molar-refractivity contribution is 5.97. The van der Waals surface area contributed by atoms with E-state index < -0.39 is 5.82 Å². The van der Waals surface area contributed by atoms with Crippen LogP contribution in [0.5, 0.6) is 11.5 Å². The molecule has 0 radical (unpaired) electrons. The minimum atomic E-state index is -0.428. The van der Waals surface area contributed by atoms with Gasteiger partial charge in [-0.15, -0.1) is 0 Å². The van der Waals surface area contributed by atoms with Crippen molar-refractivity contribution in [3.8, 4) is 11.5 Å². The first kappa shape index (κ1) is 16.8. The zero-order valence-electron chi connectivity index (χ0n) is 13.4. The smallest absolute Gasteiger partial charge is 0.265 e. The van der Waals surface area contributed by atoms with E-state index in [4.69, 9.17) is 9.47 Å². The summed E-state index contributed by atoms with van der Waals surface area (Å²) in [7, 11) is 0. The Balaban J connectivity index is 1.48. The molecule has 1 aliphatic rings. The van der Waals surface area contributed by atoms with E-state index in [9.17, 15) is 14.0 Å².